The van der Waals surface area contributed by atoms with E-state index in [-0.39, 0.29) is 17.5 Å². The number of thiazole rings is 2. The molecular weight excluding hydrogens is 364 g/mol. The number of carbonyl (C=O) groups excluding carboxylic acids is 1. The maximum atomic E-state index is 12.5. The van der Waals surface area contributed by atoms with Gasteiger partial charge in [-0.25, -0.2) is 14.8 Å². The second-order valence-electron chi connectivity index (χ2n) is 7.42. The molecule has 2 heterocycles. The molecule has 1 unspecified atom stereocenters. The van der Waals surface area contributed by atoms with Crippen LogP contribution in [0.15, 0.2) is 29.6 Å². The third-order valence-electron chi connectivity index (χ3n) is 4.06. The minimum Gasteiger partial charge on any atom is -0.329 e. The van der Waals surface area contributed by atoms with Crippen LogP contribution in [0.5, 0.6) is 0 Å². The molecule has 26 heavy (non-hydrogen) atoms. The van der Waals surface area contributed by atoms with Crippen LogP contribution in [0.25, 0.3) is 10.2 Å². The molecule has 0 aliphatic heterocycles. The number of rotatable bonds is 4. The van der Waals surface area contributed by atoms with E-state index in [1.165, 1.54) is 0 Å². The lowest BCUT2D eigenvalue weighted by Gasteiger charge is -2.20. The summed E-state index contributed by atoms with van der Waals surface area (Å²) in [6.45, 7) is 8.88. The molecule has 0 saturated heterocycles. The Balaban J connectivity index is 1.62. The van der Waals surface area contributed by atoms with E-state index in [4.69, 9.17) is 0 Å². The Morgan fingerprint density at radius 2 is 2.00 bits per heavy atom. The third kappa shape index (κ3) is 4.22. The number of carbonyl (C=O) groups is 1. The van der Waals surface area contributed by atoms with Crippen molar-refractivity contribution in [1.82, 2.24) is 20.2 Å². The minimum atomic E-state index is -0.124. The standard InChI is InChI=1S/C19H24N4OS2/c1-12(17-22-15(11-25-17)19(2,3)4)20-18(24)23(5)10-16-21-13-8-6-7-9-14(13)26-16/h6-9,11-12H,10H2,1-5H3,(H,20,24). The van der Waals surface area contributed by atoms with Crippen molar-refractivity contribution in [3.8, 4) is 0 Å². The van der Waals surface area contributed by atoms with Gasteiger partial charge in [-0.15, -0.1) is 22.7 Å². The normalized spacial score (nSPS) is 13.0. The Bertz CT molecular complexity index is 877. The molecule has 0 spiro atoms. The average molecular weight is 389 g/mol. The van der Waals surface area contributed by atoms with Crippen LogP contribution in [0.3, 0.4) is 0 Å². The Morgan fingerprint density at radius 1 is 1.27 bits per heavy atom. The number of nitrogens with one attached hydrogen (secondary N) is 1. The Hall–Kier alpha value is -1.99. The minimum absolute atomic E-state index is 0.0160. The molecule has 138 valence electrons. The van der Waals surface area contributed by atoms with E-state index in [2.05, 4.69) is 41.4 Å². The molecule has 1 N–H and O–H groups in total. The van der Waals surface area contributed by atoms with E-state index in [1.807, 2.05) is 31.2 Å². The second kappa shape index (κ2) is 7.32. The van der Waals surface area contributed by atoms with Gasteiger partial charge in [-0.3, -0.25) is 0 Å². The summed E-state index contributed by atoms with van der Waals surface area (Å²) in [5, 5.41) is 6.96. The van der Waals surface area contributed by atoms with Gasteiger partial charge in [0.15, 0.2) is 0 Å². The number of fused-ring (bicyclic) bond motifs is 1. The molecule has 2 aromatic heterocycles. The van der Waals surface area contributed by atoms with Crippen molar-refractivity contribution in [2.45, 2.75) is 45.7 Å². The van der Waals surface area contributed by atoms with E-state index in [1.54, 1.807) is 34.6 Å². The topological polar surface area (TPSA) is 58.1 Å². The molecule has 5 nitrogen and oxygen atoms in total. The lowest BCUT2D eigenvalue weighted by atomic mass is 9.93. The van der Waals surface area contributed by atoms with E-state index in [0.29, 0.717) is 6.54 Å². The number of aromatic nitrogens is 2. The van der Waals surface area contributed by atoms with E-state index < -0.39 is 0 Å². The molecule has 0 aliphatic carbocycles. The Kier molecular flexibility index (Phi) is 5.29. The van der Waals surface area contributed by atoms with Crippen LogP contribution < -0.4 is 5.32 Å². The van der Waals surface area contributed by atoms with Crippen LogP contribution in [0.1, 0.15) is 49.4 Å². The van der Waals surface area contributed by atoms with Gasteiger partial charge < -0.3 is 10.2 Å². The molecular formula is C19H24N4OS2. The van der Waals surface area contributed by atoms with E-state index in [9.17, 15) is 4.79 Å². The summed E-state index contributed by atoms with van der Waals surface area (Å²) < 4.78 is 1.14. The molecule has 0 radical (unpaired) electrons. The summed E-state index contributed by atoms with van der Waals surface area (Å²) in [5.74, 6) is 0. The summed E-state index contributed by atoms with van der Waals surface area (Å²) in [7, 11) is 1.79. The largest absolute Gasteiger partial charge is 0.329 e. The quantitative estimate of drug-likeness (QED) is 0.688. The molecule has 1 atom stereocenters. The van der Waals surface area contributed by atoms with Crippen molar-refractivity contribution >= 4 is 38.9 Å². The van der Waals surface area contributed by atoms with Crippen molar-refractivity contribution in [3.63, 3.8) is 0 Å². The van der Waals surface area contributed by atoms with E-state index in [0.717, 1.165) is 25.9 Å². The van der Waals surface area contributed by atoms with Gasteiger partial charge in [0.2, 0.25) is 0 Å². The molecule has 2 amide bonds. The lowest BCUT2D eigenvalue weighted by Crippen LogP contribution is -2.38. The predicted octanol–water partition coefficient (Wildman–Crippen LogP) is 4.95. The SMILES string of the molecule is CC(NC(=O)N(C)Cc1nc2ccccc2s1)c1nc(C(C)(C)C)cs1. The zero-order valence-electron chi connectivity index (χ0n) is 15.7. The predicted molar refractivity (Wildman–Crippen MR) is 109 cm³/mol. The molecule has 0 aliphatic rings. The zero-order valence-corrected chi connectivity index (χ0v) is 17.4. The number of benzene rings is 1. The third-order valence-corrected chi connectivity index (χ3v) is 6.11. The van der Waals surface area contributed by atoms with E-state index >= 15 is 0 Å². The number of hydrogen-bond donors (Lipinski definition) is 1. The number of nitrogens with zero attached hydrogens (tertiary/aromatic N) is 3. The molecule has 3 aromatic rings. The van der Waals surface area contributed by atoms with Crippen molar-refractivity contribution in [2.24, 2.45) is 0 Å². The fourth-order valence-electron chi connectivity index (χ4n) is 2.45. The number of hydrogen-bond acceptors (Lipinski definition) is 5. The summed E-state index contributed by atoms with van der Waals surface area (Å²) in [5.41, 5.74) is 2.05. The number of urea groups is 1. The fourth-order valence-corrected chi connectivity index (χ4v) is 4.52. The van der Waals surface area contributed by atoms with Crippen LogP contribution in [-0.4, -0.2) is 27.9 Å². The Labute approximate surface area is 162 Å². The highest BCUT2D eigenvalue weighted by Crippen LogP contribution is 2.27. The summed E-state index contributed by atoms with van der Waals surface area (Å²) in [4.78, 5) is 23.4. The van der Waals surface area contributed by atoms with Gasteiger partial charge >= 0.3 is 6.03 Å². The maximum absolute atomic E-state index is 12.5. The van der Waals surface area contributed by atoms with Crippen LogP contribution in [0, 0.1) is 0 Å². The van der Waals surface area contributed by atoms with Gasteiger partial charge in [-0.2, -0.15) is 0 Å². The number of amides is 2. The fraction of sp³-hybridized carbons (Fsp3) is 0.421. The summed E-state index contributed by atoms with van der Waals surface area (Å²) >= 11 is 3.21. The number of para-hydroxylation sites is 1. The first-order chi connectivity index (χ1) is 12.2. The second-order valence-corrected chi connectivity index (χ2v) is 9.43. The molecule has 3 rings (SSSR count). The molecule has 0 bridgehead atoms. The van der Waals surface area contributed by atoms with Crippen LogP contribution >= 0.6 is 22.7 Å². The van der Waals surface area contributed by atoms with Gasteiger partial charge in [0, 0.05) is 17.8 Å². The van der Waals surface area contributed by atoms with Gasteiger partial charge in [0.05, 0.1) is 28.5 Å². The zero-order chi connectivity index (χ0) is 18.9. The highest BCUT2D eigenvalue weighted by atomic mass is 32.1. The first-order valence-electron chi connectivity index (χ1n) is 8.56. The molecule has 0 fully saturated rings. The van der Waals surface area contributed by atoms with Gasteiger partial charge in [0.25, 0.3) is 0 Å². The first kappa shape index (κ1) is 18.8. The summed E-state index contributed by atoms with van der Waals surface area (Å²) in [6, 6.07) is 7.78. The Morgan fingerprint density at radius 3 is 2.65 bits per heavy atom. The summed E-state index contributed by atoms with van der Waals surface area (Å²) in [6.07, 6.45) is 0. The van der Waals surface area contributed by atoms with Gasteiger partial charge in [-0.05, 0) is 19.1 Å². The highest BCUT2D eigenvalue weighted by molar-refractivity contribution is 7.18. The van der Waals surface area contributed by atoms with Gasteiger partial charge in [0.1, 0.15) is 10.0 Å². The highest BCUT2D eigenvalue weighted by Gasteiger charge is 2.21. The first-order valence-corrected chi connectivity index (χ1v) is 10.3. The molecule has 7 heteroatoms. The smallest absolute Gasteiger partial charge is 0.318 e. The average Bonchev–Trinajstić information content (AvgIpc) is 3.20. The van der Waals surface area contributed by atoms with Gasteiger partial charge in [-0.1, -0.05) is 32.9 Å². The van der Waals surface area contributed by atoms with Crippen molar-refractivity contribution in [3.05, 3.63) is 45.4 Å². The molecule has 1 aromatic carbocycles. The molecule has 0 saturated carbocycles. The van der Waals surface area contributed by atoms with Crippen molar-refractivity contribution in [2.75, 3.05) is 7.05 Å². The lowest BCUT2D eigenvalue weighted by molar-refractivity contribution is 0.203. The van der Waals surface area contributed by atoms with Crippen LogP contribution in [0.4, 0.5) is 4.79 Å². The monoisotopic (exact) mass is 388 g/mol. The van der Waals surface area contributed by atoms with Crippen LogP contribution in [-0.2, 0) is 12.0 Å². The van der Waals surface area contributed by atoms with Crippen molar-refractivity contribution < 1.29 is 4.79 Å². The van der Waals surface area contributed by atoms with Crippen molar-refractivity contribution in [1.29, 1.82) is 0 Å². The maximum Gasteiger partial charge on any atom is 0.318 e. The van der Waals surface area contributed by atoms with Crippen LogP contribution in [0.2, 0.25) is 0 Å².